The van der Waals surface area contributed by atoms with Crippen molar-refractivity contribution in [3.63, 3.8) is 0 Å². The van der Waals surface area contributed by atoms with Crippen LogP contribution < -0.4 is 0 Å². The molecule has 0 aromatic heterocycles. The van der Waals surface area contributed by atoms with Crippen LogP contribution in [-0.4, -0.2) is 79.3 Å². The van der Waals surface area contributed by atoms with Crippen LogP contribution in [0.4, 0.5) is 0 Å². The van der Waals surface area contributed by atoms with E-state index in [-0.39, 0.29) is 31.7 Å². The van der Waals surface area contributed by atoms with E-state index in [4.69, 9.17) is 14.2 Å². The number of aliphatic hydroxyl groups excluding tert-OH is 1. The number of hydrogen-bond donors (Lipinski definition) is 1. The number of carbonyl (C=O) groups is 3. The van der Waals surface area contributed by atoms with Crippen molar-refractivity contribution in [2.45, 2.75) is 38.9 Å². The van der Waals surface area contributed by atoms with Crippen LogP contribution in [0.15, 0.2) is 23.4 Å². The maximum atomic E-state index is 13.4. The molecular weight excluding hydrogens is 440 g/mol. The molecule has 1 amide bonds. The van der Waals surface area contributed by atoms with E-state index in [1.807, 2.05) is 13.0 Å². The van der Waals surface area contributed by atoms with Crippen molar-refractivity contribution in [2.75, 3.05) is 46.5 Å². The first-order valence-electron chi connectivity index (χ1n) is 11.7. The lowest BCUT2D eigenvalue weighted by molar-refractivity contribution is -0.139. The summed E-state index contributed by atoms with van der Waals surface area (Å²) in [6.45, 7) is 4.89. The summed E-state index contributed by atoms with van der Waals surface area (Å²) in [6.07, 6.45) is 1.48. The van der Waals surface area contributed by atoms with Gasteiger partial charge in [0.25, 0.3) is 0 Å². The third-order valence-corrected chi connectivity index (χ3v) is 7.87. The monoisotopic (exact) mass is 470 g/mol. The Balaban J connectivity index is 1.23. The number of esters is 2. The topological polar surface area (TPSA) is 106 Å². The number of β-amino-alcohol motifs (C(OH)–C–C–N with tert-alkyl or cyclic N) is 1. The van der Waals surface area contributed by atoms with Gasteiger partial charge in [-0.3, -0.25) is 4.79 Å². The minimum Gasteiger partial charge on any atom is -0.457 e. The highest BCUT2D eigenvalue weighted by Gasteiger charge is 2.50. The molecule has 1 spiro atoms. The van der Waals surface area contributed by atoms with Gasteiger partial charge in [0.05, 0.1) is 35.0 Å². The molecular formula is C25H30N2O7. The van der Waals surface area contributed by atoms with Crippen LogP contribution in [0.5, 0.6) is 0 Å². The third-order valence-electron chi connectivity index (χ3n) is 7.87. The number of hydrogen-bond acceptors (Lipinski definition) is 8. The van der Waals surface area contributed by atoms with E-state index < -0.39 is 17.5 Å². The lowest BCUT2D eigenvalue weighted by Gasteiger charge is -2.38. The SMILES string of the molecule is COCC1=C(N2CCC3(CCN(CC(O)c4ccc5c(c4C)COC5=O)CC3)C2=O)COC1=O. The lowest BCUT2D eigenvalue weighted by Crippen LogP contribution is -2.45. The van der Waals surface area contributed by atoms with Crippen molar-refractivity contribution in [2.24, 2.45) is 5.41 Å². The highest BCUT2D eigenvalue weighted by Crippen LogP contribution is 2.44. The molecule has 0 aliphatic carbocycles. The van der Waals surface area contributed by atoms with E-state index in [1.165, 1.54) is 7.11 Å². The number of amides is 1. The second kappa shape index (κ2) is 8.79. The average Bonchev–Trinajstić information content (AvgIpc) is 3.48. The molecule has 4 aliphatic heterocycles. The number of cyclic esters (lactones) is 2. The molecule has 34 heavy (non-hydrogen) atoms. The standard InChI is InChI=1S/C25H30N2O7/c1-15-16(3-4-17-18(15)13-33-22(17)29)21(28)11-26-8-5-25(6-9-26)7-10-27(24(25)31)20-14-34-23(30)19(20)12-32-2/h3-4,21,28H,5-14H2,1-2H3. The van der Waals surface area contributed by atoms with Crippen LogP contribution in [0.25, 0.3) is 0 Å². The molecule has 1 aromatic carbocycles. The summed E-state index contributed by atoms with van der Waals surface area (Å²) in [5, 5.41) is 10.9. The van der Waals surface area contributed by atoms with Crippen molar-refractivity contribution < 1.29 is 33.7 Å². The molecule has 9 heteroatoms. The van der Waals surface area contributed by atoms with E-state index in [0.717, 1.165) is 23.1 Å². The maximum Gasteiger partial charge on any atom is 0.338 e. The Morgan fingerprint density at radius 3 is 2.50 bits per heavy atom. The minimum absolute atomic E-state index is 0.0636. The molecule has 1 atom stereocenters. The molecule has 2 saturated heterocycles. The van der Waals surface area contributed by atoms with Crippen LogP contribution in [0.1, 0.15) is 52.4 Å². The summed E-state index contributed by atoms with van der Waals surface area (Å²) in [6, 6.07) is 3.54. The first kappa shape index (κ1) is 23.0. The first-order chi connectivity index (χ1) is 16.3. The Morgan fingerprint density at radius 2 is 1.76 bits per heavy atom. The van der Waals surface area contributed by atoms with E-state index >= 15 is 0 Å². The second-order valence-electron chi connectivity index (χ2n) is 9.62. The van der Waals surface area contributed by atoms with Crippen LogP contribution in [0.3, 0.4) is 0 Å². The van der Waals surface area contributed by atoms with Gasteiger partial charge in [0.15, 0.2) is 0 Å². The van der Waals surface area contributed by atoms with Crippen molar-refractivity contribution in [1.82, 2.24) is 9.80 Å². The van der Waals surface area contributed by atoms with Crippen molar-refractivity contribution in [3.05, 3.63) is 45.7 Å². The van der Waals surface area contributed by atoms with Gasteiger partial charge >= 0.3 is 11.9 Å². The molecule has 2 fully saturated rings. The number of fused-ring (bicyclic) bond motifs is 1. The summed E-state index contributed by atoms with van der Waals surface area (Å²) < 4.78 is 15.4. The zero-order chi connectivity index (χ0) is 24.0. The smallest absolute Gasteiger partial charge is 0.338 e. The van der Waals surface area contributed by atoms with E-state index in [1.54, 1.807) is 11.0 Å². The Hall–Kier alpha value is -2.75. The molecule has 4 heterocycles. The van der Waals surface area contributed by atoms with Crippen molar-refractivity contribution >= 4 is 17.8 Å². The van der Waals surface area contributed by atoms with Gasteiger partial charge in [-0.05, 0) is 56.5 Å². The Kier molecular flexibility index (Phi) is 5.95. The number of carbonyl (C=O) groups excluding carboxylic acids is 3. The predicted molar refractivity (Wildman–Crippen MR) is 120 cm³/mol. The molecule has 9 nitrogen and oxygen atoms in total. The molecule has 5 rings (SSSR count). The Labute approximate surface area is 198 Å². The normalized spacial score (nSPS) is 23.0. The number of benzene rings is 1. The van der Waals surface area contributed by atoms with Gasteiger partial charge in [0, 0.05) is 25.8 Å². The molecule has 1 unspecified atom stereocenters. The summed E-state index contributed by atoms with van der Waals surface area (Å²) >= 11 is 0. The van der Waals surface area contributed by atoms with Gasteiger partial charge in [-0.1, -0.05) is 6.07 Å². The Bertz CT molecular complexity index is 1070. The number of ether oxygens (including phenoxy) is 3. The summed E-state index contributed by atoms with van der Waals surface area (Å²) in [5.41, 5.74) is 3.79. The third kappa shape index (κ3) is 3.72. The summed E-state index contributed by atoms with van der Waals surface area (Å²) in [5.74, 6) is -0.657. The second-order valence-corrected chi connectivity index (χ2v) is 9.62. The number of likely N-dealkylation sites (tertiary alicyclic amines) is 2. The maximum absolute atomic E-state index is 13.4. The van der Waals surface area contributed by atoms with E-state index in [9.17, 15) is 19.5 Å². The van der Waals surface area contributed by atoms with Gasteiger partial charge in [0.1, 0.15) is 13.2 Å². The number of methoxy groups -OCH3 is 1. The van der Waals surface area contributed by atoms with Gasteiger partial charge in [0.2, 0.25) is 5.91 Å². The molecule has 1 N–H and O–H groups in total. The van der Waals surface area contributed by atoms with Crippen LogP contribution in [0, 0.1) is 12.3 Å². The zero-order valence-corrected chi connectivity index (χ0v) is 19.6. The van der Waals surface area contributed by atoms with Crippen molar-refractivity contribution in [3.8, 4) is 0 Å². The Morgan fingerprint density at radius 1 is 1.06 bits per heavy atom. The average molecular weight is 471 g/mol. The van der Waals surface area contributed by atoms with Crippen LogP contribution in [-0.2, 0) is 30.4 Å². The molecule has 4 aliphatic rings. The highest BCUT2D eigenvalue weighted by molar-refractivity contribution is 5.95. The van der Waals surface area contributed by atoms with Crippen molar-refractivity contribution in [1.29, 1.82) is 0 Å². The largest absolute Gasteiger partial charge is 0.457 e. The van der Waals surface area contributed by atoms with E-state index in [0.29, 0.717) is 55.9 Å². The summed E-state index contributed by atoms with van der Waals surface area (Å²) in [4.78, 5) is 41.1. The predicted octanol–water partition coefficient (Wildman–Crippen LogP) is 1.47. The van der Waals surface area contributed by atoms with Gasteiger partial charge in [-0.15, -0.1) is 0 Å². The number of aliphatic hydroxyl groups is 1. The quantitative estimate of drug-likeness (QED) is 0.624. The first-order valence-corrected chi connectivity index (χ1v) is 11.7. The highest BCUT2D eigenvalue weighted by atomic mass is 16.5. The van der Waals surface area contributed by atoms with Crippen LogP contribution >= 0.6 is 0 Å². The fourth-order valence-corrected chi connectivity index (χ4v) is 5.73. The van der Waals surface area contributed by atoms with E-state index in [2.05, 4.69) is 4.90 Å². The minimum atomic E-state index is -0.686. The lowest BCUT2D eigenvalue weighted by atomic mass is 9.77. The van der Waals surface area contributed by atoms with Gasteiger partial charge in [-0.25, -0.2) is 9.59 Å². The molecule has 0 bridgehead atoms. The zero-order valence-electron chi connectivity index (χ0n) is 19.6. The number of nitrogens with zero attached hydrogens (tertiary/aromatic N) is 2. The fraction of sp³-hybridized carbons (Fsp3) is 0.560. The molecule has 0 radical (unpaired) electrons. The molecule has 0 saturated carbocycles. The number of rotatable bonds is 6. The van der Waals surface area contributed by atoms with Gasteiger partial charge in [-0.2, -0.15) is 0 Å². The molecule has 1 aromatic rings. The summed E-state index contributed by atoms with van der Waals surface area (Å²) in [7, 11) is 1.52. The molecule has 182 valence electrons. The fourth-order valence-electron chi connectivity index (χ4n) is 5.73. The number of piperidine rings is 1. The van der Waals surface area contributed by atoms with Crippen LogP contribution in [0.2, 0.25) is 0 Å². The van der Waals surface area contributed by atoms with Gasteiger partial charge < -0.3 is 29.1 Å².